The van der Waals surface area contributed by atoms with Crippen LogP contribution in [0.5, 0.6) is 0 Å². The van der Waals surface area contributed by atoms with E-state index in [1.807, 2.05) is 6.07 Å². The Labute approximate surface area is 91.1 Å². The van der Waals surface area contributed by atoms with Gasteiger partial charge >= 0.3 is 0 Å². The molecule has 2 nitrogen and oxygen atoms in total. The average molecular weight is 214 g/mol. The van der Waals surface area contributed by atoms with Crippen molar-refractivity contribution in [2.45, 2.75) is 19.0 Å². The third-order valence-electron chi connectivity index (χ3n) is 2.34. The quantitative estimate of drug-likeness (QED) is 0.772. The van der Waals surface area contributed by atoms with E-state index in [9.17, 15) is 0 Å². The number of hydrogen-bond acceptors (Lipinski definition) is 2. The molecule has 0 bridgehead atoms. The summed E-state index contributed by atoms with van der Waals surface area (Å²) in [6.07, 6.45) is 0. The van der Waals surface area contributed by atoms with E-state index in [4.69, 9.17) is 4.74 Å². The summed E-state index contributed by atoms with van der Waals surface area (Å²) in [4.78, 5) is 0. The number of halogens is 1. The molecule has 1 N–H and O–H groups in total. The molecule has 2 atom stereocenters. The number of morpholine rings is 1. The first-order valence-corrected chi connectivity index (χ1v) is 4.75. The van der Waals surface area contributed by atoms with Gasteiger partial charge in [0.25, 0.3) is 0 Å². The maximum Gasteiger partial charge on any atom is 0.0662 e. The van der Waals surface area contributed by atoms with Crippen LogP contribution in [0.3, 0.4) is 0 Å². The molecule has 0 unspecified atom stereocenters. The molecule has 1 aliphatic rings. The molecule has 0 aromatic heterocycles. The third-order valence-corrected chi connectivity index (χ3v) is 2.34. The normalized spacial score (nSPS) is 26.6. The van der Waals surface area contributed by atoms with Gasteiger partial charge in [-0.15, -0.1) is 12.4 Å². The van der Waals surface area contributed by atoms with Crippen LogP contribution in [0.25, 0.3) is 0 Å². The average Bonchev–Trinajstić information content (AvgIpc) is 2.19. The van der Waals surface area contributed by atoms with Crippen molar-refractivity contribution in [2.75, 3.05) is 13.2 Å². The van der Waals surface area contributed by atoms with E-state index in [1.54, 1.807) is 0 Å². The molecule has 1 fully saturated rings. The highest BCUT2D eigenvalue weighted by Gasteiger charge is 2.18. The zero-order valence-electron chi connectivity index (χ0n) is 8.27. The van der Waals surface area contributed by atoms with Crippen molar-refractivity contribution < 1.29 is 4.74 Å². The molecule has 1 saturated heterocycles. The lowest BCUT2D eigenvalue weighted by Gasteiger charge is -2.29. The van der Waals surface area contributed by atoms with Crippen LogP contribution in [0.15, 0.2) is 30.3 Å². The fourth-order valence-corrected chi connectivity index (χ4v) is 1.68. The molecule has 1 aromatic rings. The Balaban J connectivity index is 0.000000980. The molecule has 0 spiro atoms. The van der Waals surface area contributed by atoms with Crippen molar-refractivity contribution in [1.29, 1.82) is 0 Å². The Morgan fingerprint density at radius 1 is 1.21 bits per heavy atom. The van der Waals surface area contributed by atoms with Crippen molar-refractivity contribution in [3.8, 4) is 0 Å². The minimum atomic E-state index is 0. The van der Waals surface area contributed by atoms with Gasteiger partial charge in [-0.3, -0.25) is 0 Å². The van der Waals surface area contributed by atoms with Gasteiger partial charge in [0.05, 0.1) is 19.3 Å². The van der Waals surface area contributed by atoms with Gasteiger partial charge in [0.2, 0.25) is 0 Å². The summed E-state index contributed by atoms with van der Waals surface area (Å²) >= 11 is 0. The minimum absolute atomic E-state index is 0. The fraction of sp³-hybridized carbons (Fsp3) is 0.455. The van der Waals surface area contributed by atoms with Gasteiger partial charge in [0.15, 0.2) is 0 Å². The maximum absolute atomic E-state index is 5.49. The van der Waals surface area contributed by atoms with Gasteiger partial charge in [0.1, 0.15) is 0 Å². The highest BCUT2D eigenvalue weighted by molar-refractivity contribution is 5.85. The lowest BCUT2D eigenvalue weighted by molar-refractivity contribution is 0.0504. The number of ether oxygens (including phenoxy) is 1. The molecule has 1 aliphatic heterocycles. The van der Waals surface area contributed by atoms with Gasteiger partial charge in [0, 0.05) is 6.04 Å². The lowest BCUT2D eigenvalue weighted by Crippen LogP contribution is -2.41. The van der Waals surface area contributed by atoms with Crippen LogP contribution >= 0.6 is 12.4 Å². The van der Waals surface area contributed by atoms with Crippen LogP contribution in [0.1, 0.15) is 18.5 Å². The highest BCUT2D eigenvalue weighted by Crippen LogP contribution is 2.16. The smallest absolute Gasteiger partial charge is 0.0662 e. The summed E-state index contributed by atoms with van der Waals surface area (Å²) < 4.78 is 5.49. The van der Waals surface area contributed by atoms with Crippen molar-refractivity contribution in [1.82, 2.24) is 5.32 Å². The molecule has 78 valence electrons. The fourth-order valence-electron chi connectivity index (χ4n) is 1.68. The van der Waals surface area contributed by atoms with Crippen LogP contribution in [0.4, 0.5) is 0 Å². The zero-order valence-corrected chi connectivity index (χ0v) is 9.09. The van der Waals surface area contributed by atoms with Crippen LogP contribution in [-0.4, -0.2) is 19.3 Å². The van der Waals surface area contributed by atoms with Gasteiger partial charge < -0.3 is 10.1 Å². The minimum Gasteiger partial charge on any atom is -0.378 e. The molecule has 3 heteroatoms. The summed E-state index contributed by atoms with van der Waals surface area (Å²) in [5.41, 5.74) is 1.31. The summed E-state index contributed by atoms with van der Waals surface area (Å²) in [6, 6.07) is 11.3. The van der Waals surface area contributed by atoms with Gasteiger partial charge in [-0.1, -0.05) is 30.3 Å². The molecule has 0 amide bonds. The monoisotopic (exact) mass is 213 g/mol. The second kappa shape index (κ2) is 5.35. The summed E-state index contributed by atoms with van der Waals surface area (Å²) in [5.74, 6) is 0. The van der Waals surface area contributed by atoms with Crippen molar-refractivity contribution in [3.63, 3.8) is 0 Å². The van der Waals surface area contributed by atoms with Crippen molar-refractivity contribution in [2.24, 2.45) is 0 Å². The van der Waals surface area contributed by atoms with E-state index in [-0.39, 0.29) is 12.4 Å². The first kappa shape index (κ1) is 11.5. The third kappa shape index (κ3) is 2.71. The molecule has 0 radical (unpaired) electrons. The summed E-state index contributed by atoms with van der Waals surface area (Å²) in [6.45, 7) is 3.76. The van der Waals surface area contributed by atoms with Crippen LogP contribution in [0.2, 0.25) is 0 Å². The number of benzene rings is 1. The van der Waals surface area contributed by atoms with E-state index >= 15 is 0 Å². The predicted molar refractivity (Wildman–Crippen MR) is 59.8 cm³/mol. The van der Waals surface area contributed by atoms with Crippen LogP contribution in [-0.2, 0) is 4.74 Å². The molecular weight excluding hydrogens is 198 g/mol. The first-order chi connectivity index (χ1) is 6.36. The molecule has 1 aromatic carbocycles. The topological polar surface area (TPSA) is 21.3 Å². The van der Waals surface area contributed by atoms with Crippen molar-refractivity contribution >= 4 is 12.4 Å². The summed E-state index contributed by atoms with van der Waals surface area (Å²) in [5, 5.41) is 3.51. The Morgan fingerprint density at radius 2 is 1.93 bits per heavy atom. The first-order valence-electron chi connectivity index (χ1n) is 4.75. The van der Waals surface area contributed by atoms with Crippen molar-refractivity contribution in [3.05, 3.63) is 35.9 Å². The molecule has 14 heavy (non-hydrogen) atoms. The standard InChI is InChI=1S/C11H15NO.ClH/c1-9-7-13-8-11(12-9)10-5-3-2-4-6-10;/h2-6,9,11-12H,7-8H2,1H3;1H/t9-,11-;/m1./s1. The Morgan fingerprint density at radius 3 is 2.57 bits per heavy atom. The van der Waals surface area contributed by atoms with Gasteiger partial charge in [-0.25, -0.2) is 0 Å². The number of nitrogens with one attached hydrogen (secondary N) is 1. The zero-order chi connectivity index (χ0) is 9.10. The van der Waals surface area contributed by atoms with E-state index in [2.05, 4.69) is 36.5 Å². The highest BCUT2D eigenvalue weighted by atomic mass is 35.5. The lowest BCUT2D eigenvalue weighted by atomic mass is 10.1. The van der Waals surface area contributed by atoms with Gasteiger partial charge in [-0.05, 0) is 12.5 Å². The Kier molecular flexibility index (Phi) is 4.39. The second-order valence-electron chi connectivity index (χ2n) is 3.57. The van der Waals surface area contributed by atoms with E-state index in [1.165, 1.54) is 5.56 Å². The SMILES string of the molecule is C[C@@H]1COC[C@H](c2ccccc2)N1.Cl. The van der Waals surface area contributed by atoms with E-state index < -0.39 is 0 Å². The Bertz CT molecular complexity index is 265. The van der Waals surface area contributed by atoms with E-state index in [0.717, 1.165) is 13.2 Å². The van der Waals surface area contributed by atoms with Gasteiger partial charge in [-0.2, -0.15) is 0 Å². The predicted octanol–water partition coefficient (Wildman–Crippen LogP) is 2.16. The molecule has 0 saturated carbocycles. The molecular formula is C11H16ClNO. The second-order valence-corrected chi connectivity index (χ2v) is 3.57. The molecule has 1 heterocycles. The number of hydrogen-bond donors (Lipinski definition) is 1. The van der Waals surface area contributed by atoms with E-state index in [0.29, 0.717) is 12.1 Å². The largest absolute Gasteiger partial charge is 0.378 e. The van der Waals surface area contributed by atoms with Crippen LogP contribution < -0.4 is 5.32 Å². The Hall–Kier alpha value is -0.570. The molecule has 0 aliphatic carbocycles. The summed E-state index contributed by atoms with van der Waals surface area (Å²) in [7, 11) is 0. The van der Waals surface area contributed by atoms with Crippen LogP contribution in [0, 0.1) is 0 Å². The molecule has 2 rings (SSSR count). The maximum atomic E-state index is 5.49. The number of rotatable bonds is 1.